The summed E-state index contributed by atoms with van der Waals surface area (Å²) in [4.78, 5) is 2.56. The lowest BCUT2D eigenvalue weighted by Gasteiger charge is -2.23. The number of ether oxygens (including phenoxy) is 2. The molecule has 1 aliphatic rings. The van der Waals surface area contributed by atoms with Crippen LogP contribution in [0.4, 0.5) is 0 Å². The fourth-order valence-corrected chi connectivity index (χ4v) is 4.10. The molecular weight excluding hydrogens is 404 g/mol. The summed E-state index contributed by atoms with van der Waals surface area (Å²) < 4.78 is 12.6. The summed E-state index contributed by atoms with van der Waals surface area (Å²) >= 11 is 3.69. The topological polar surface area (TPSA) is 33.7 Å². The Balaban J connectivity index is 1.59. The van der Waals surface area contributed by atoms with Gasteiger partial charge in [0.2, 0.25) is 0 Å². The maximum atomic E-state index is 5.98. The van der Waals surface area contributed by atoms with Gasteiger partial charge in [0.05, 0.1) is 7.11 Å². The molecule has 5 heteroatoms. The summed E-state index contributed by atoms with van der Waals surface area (Å²) in [6, 6.07) is 14.9. The van der Waals surface area contributed by atoms with Gasteiger partial charge >= 0.3 is 0 Å². The van der Waals surface area contributed by atoms with E-state index >= 15 is 0 Å². The molecule has 2 aromatic carbocycles. The zero-order chi connectivity index (χ0) is 19.1. The van der Waals surface area contributed by atoms with Crippen LogP contribution in [0.1, 0.15) is 30.9 Å². The lowest BCUT2D eigenvalue weighted by molar-refractivity contribution is 0.259. The Kier molecular flexibility index (Phi) is 7.56. The second-order valence-corrected chi connectivity index (χ2v) is 7.78. The van der Waals surface area contributed by atoms with Crippen LogP contribution in [0.3, 0.4) is 0 Å². The number of nitrogens with zero attached hydrogens (tertiary/aromatic N) is 1. The van der Waals surface area contributed by atoms with Crippen molar-refractivity contribution < 1.29 is 9.47 Å². The minimum Gasteiger partial charge on any atom is -0.493 e. The van der Waals surface area contributed by atoms with Crippen LogP contribution < -0.4 is 14.8 Å². The van der Waals surface area contributed by atoms with Crippen molar-refractivity contribution in [2.45, 2.75) is 39.0 Å². The highest BCUT2D eigenvalue weighted by Crippen LogP contribution is 2.34. The van der Waals surface area contributed by atoms with E-state index in [1.54, 1.807) is 7.11 Å². The van der Waals surface area contributed by atoms with Crippen LogP contribution in [0, 0.1) is 0 Å². The Morgan fingerprint density at radius 1 is 1.19 bits per heavy atom. The van der Waals surface area contributed by atoms with Crippen molar-refractivity contribution in [3.05, 3.63) is 58.1 Å². The minimum absolute atomic E-state index is 0.524. The molecule has 4 nitrogen and oxygen atoms in total. The molecule has 0 bridgehead atoms. The minimum atomic E-state index is 0.524. The van der Waals surface area contributed by atoms with Crippen molar-refractivity contribution >= 4 is 15.9 Å². The molecule has 0 spiro atoms. The highest BCUT2D eigenvalue weighted by molar-refractivity contribution is 9.10. The summed E-state index contributed by atoms with van der Waals surface area (Å²) in [5, 5.41) is 3.61. The SMILES string of the molecule is CCN1CCCC1CNCc1cc(OC)c(OCc2ccccc2)cc1Br. The van der Waals surface area contributed by atoms with Gasteiger partial charge in [-0.05, 0) is 49.2 Å². The zero-order valence-corrected chi connectivity index (χ0v) is 17.8. The van der Waals surface area contributed by atoms with Crippen molar-refractivity contribution in [1.29, 1.82) is 0 Å². The Morgan fingerprint density at radius 3 is 2.74 bits per heavy atom. The highest BCUT2D eigenvalue weighted by atomic mass is 79.9. The number of likely N-dealkylation sites (tertiary alicyclic amines) is 1. The molecule has 0 saturated carbocycles. The molecule has 27 heavy (non-hydrogen) atoms. The van der Waals surface area contributed by atoms with Crippen LogP contribution in [-0.2, 0) is 13.2 Å². The molecule has 0 aliphatic carbocycles. The highest BCUT2D eigenvalue weighted by Gasteiger charge is 2.22. The summed E-state index contributed by atoms with van der Waals surface area (Å²) in [5.74, 6) is 1.52. The van der Waals surface area contributed by atoms with Crippen LogP contribution in [0.2, 0.25) is 0 Å². The standard InChI is InChI=1S/C22H29BrN2O2/c1-3-25-11-7-10-19(25)15-24-14-18-12-21(26-2)22(13-20(18)23)27-16-17-8-5-4-6-9-17/h4-6,8-9,12-13,19,24H,3,7,10-11,14-16H2,1-2H3. The first-order chi connectivity index (χ1) is 13.2. The van der Waals surface area contributed by atoms with E-state index < -0.39 is 0 Å². The first kappa shape index (κ1) is 20.2. The fourth-order valence-electron chi connectivity index (χ4n) is 3.64. The van der Waals surface area contributed by atoms with E-state index in [1.807, 2.05) is 24.3 Å². The van der Waals surface area contributed by atoms with E-state index in [0.717, 1.165) is 41.2 Å². The Morgan fingerprint density at radius 2 is 2.00 bits per heavy atom. The lowest BCUT2D eigenvalue weighted by Crippen LogP contribution is -2.37. The molecule has 1 unspecified atom stereocenters. The fraction of sp³-hybridized carbons (Fsp3) is 0.455. The second kappa shape index (κ2) is 10.1. The van der Waals surface area contributed by atoms with E-state index in [9.17, 15) is 0 Å². The number of nitrogens with one attached hydrogen (secondary N) is 1. The van der Waals surface area contributed by atoms with Gasteiger partial charge in [-0.2, -0.15) is 0 Å². The third kappa shape index (κ3) is 5.47. The number of methoxy groups -OCH3 is 1. The molecular formula is C22H29BrN2O2. The number of likely N-dealkylation sites (N-methyl/N-ethyl adjacent to an activating group) is 1. The van der Waals surface area contributed by atoms with Gasteiger partial charge in [0.25, 0.3) is 0 Å². The van der Waals surface area contributed by atoms with Crippen LogP contribution >= 0.6 is 15.9 Å². The number of hydrogen-bond acceptors (Lipinski definition) is 4. The number of benzene rings is 2. The predicted octanol–water partition coefficient (Wildman–Crippen LogP) is 4.61. The van der Waals surface area contributed by atoms with Gasteiger partial charge in [0, 0.05) is 23.6 Å². The molecule has 1 heterocycles. The third-order valence-corrected chi connectivity index (χ3v) is 5.91. The molecule has 0 radical (unpaired) electrons. The van der Waals surface area contributed by atoms with Gasteiger partial charge in [-0.3, -0.25) is 4.90 Å². The molecule has 1 N–H and O–H groups in total. The number of hydrogen-bond donors (Lipinski definition) is 1. The average Bonchev–Trinajstić information content (AvgIpc) is 3.16. The zero-order valence-electron chi connectivity index (χ0n) is 16.2. The predicted molar refractivity (Wildman–Crippen MR) is 113 cm³/mol. The maximum absolute atomic E-state index is 5.98. The molecule has 0 amide bonds. The van der Waals surface area contributed by atoms with Crippen LogP contribution in [0.15, 0.2) is 46.9 Å². The first-order valence-electron chi connectivity index (χ1n) is 9.69. The molecule has 3 rings (SSSR count). The molecule has 1 aliphatic heterocycles. The summed E-state index contributed by atoms with van der Waals surface area (Å²) in [7, 11) is 1.69. The summed E-state index contributed by atoms with van der Waals surface area (Å²) in [6.07, 6.45) is 2.60. The van der Waals surface area contributed by atoms with Gasteiger partial charge in [0.1, 0.15) is 6.61 Å². The smallest absolute Gasteiger partial charge is 0.162 e. The Bertz CT molecular complexity index is 724. The van der Waals surface area contributed by atoms with Crippen LogP contribution in [0.5, 0.6) is 11.5 Å². The van der Waals surface area contributed by atoms with E-state index in [0.29, 0.717) is 12.6 Å². The van der Waals surface area contributed by atoms with E-state index in [1.165, 1.54) is 24.9 Å². The Hall–Kier alpha value is -1.56. The van der Waals surface area contributed by atoms with Crippen LogP contribution in [0.25, 0.3) is 0 Å². The molecule has 2 aromatic rings. The van der Waals surface area contributed by atoms with E-state index in [2.05, 4.69) is 51.3 Å². The van der Waals surface area contributed by atoms with Crippen molar-refractivity contribution in [1.82, 2.24) is 10.2 Å². The number of halogens is 1. The summed E-state index contributed by atoms with van der Waals surface area (Å²) in [6.45, 7) is 6.97. The van der Waals surface area contributed by atoms with Crippen molar-refractivity contribution in [3.63, 3.8) is 0 Å². The van der Waals surface area contributed by atoms with Gasteiger partial charge in [0.15, 0.2) is 11.5 Å². The third-order valence-electron chi connectivity index (χ3n) is 5.17. The van der Waals surface area contributed by atoms with Gasteiger partial charge in [-0.25, -0.2) is 0 Å². The molecule has 1 saturated heterocycles. The molecule has 1 atom stereocenters. The lowest BCUT2D eigenvalue weighted by atomic mass is 10.1. The van der Waals surface area contributed by atoms with E-state index in [-0.39, 0.29) is 0 Å². The largest absolute Gasteiger partial charge is 0.493 e. The van der Waals surface area contributed by atoms with Crippen molar-refractivity contribution in [3.8, 4) is 11.5 Å². The van der Waals surface area contributed by atoms with Crippen LogP contribution in [-0.4, -0.2) is 37.7 Å². The van der Waals surface area contributed by atoms with Gasteiger partial charge in [-0.1, -0.05) is 53.2 Å². The van der Waals surface area contributed by atoms with Crippen molar-refractivity contribution in [2.75, 3.05) is 26.7 Å². The first-order valence-corrected chi connectivity index (χ1v) is 10.5. The quantitative estimate of drug-likeness (QED) is 0.626. The second-order valence-electron chi connectivity index (χ2n) is 6.92. The molecule has 1 fully saturated rings. The molecule has 0 aromatic heterocycles. The van der Waals surface area contributed by atoms with Gasteiger partial charge < -0.3 is 14.8 Å². The average molecular weight is 433 g/mol. The maximum Gasteiger partial charge on any atom is 0.162 e. The monoisotopic (exact) mass is 432 g/mol. The van der Waals surface area contributed by atoms with Crippen molar-refractivity contribution in [2.24, 2.45) is 0 Å². The van der Waals surface area contributed by atoms with Gasteiger partial charge in [-0.15, -0.1) is 0 Å². The molecule has 146 valence electrons. The summed E-state index contributed by atoms with van der Waals surface area (Å²) in [5.41, 5.74) is 2.32. The number of rotatable bonds is 9. The Labute approximate surface area is 171 Å². The normalized spacial score (nSPS) is 17.2. The van der Waals surface area contributed by atoms with E-state index in [4.69, 9.17) is 9.47 Å².